The van der Waals surface area contributed by atoms with Crippen molar-refractivity contribution in [1.82, 2.24) is 10.2 Å². The maximum Gasteiger partial charge on any atom is 0.325 e. The van der Waals surface area contributed by atoms with Crippen molar-refractivity contribution in [2.75, 3.05) is 18.7 Å². The molecule has 9 heteroatoms. The maximum absolute atomic E-state index is 13.6. The summed E-state index contributed by atoms with van der Waals surface area (Å²) < 4.78 is 24.2. The van der Waals surface area contributed by atoms with E-state index >= 15 is 0 Å². The van der Waals surface area contributed by atoms with Crippen molar-refractivity contribution in [3.8, 4) is 11.5 Å². The van der Waals surface area contributed by atoms with Crippen molar-refractivity contribution in [1.29, 1.82) is 0 Å². The zero-order valence-electron chi connectivity index (χ0n) is 15.7. The zero-order chi connectivity index (χ0) is 20.8. The summed E-state index contributed by atoms with van der Waals surface area (Å²) in [5, 5.41) is 5.11. The summed E-state index contributed by atoms with van der Waals surface area (Å²) in [6.07, 6.45) is 0. The summed E-state index contributed by atoms with van der Waals surface area (Å²) in [6, 6.07) is 8.48. The van der Waals surface area contributed by atoms with Gasteiger partial charge in [0.25, 0.3) is 5.91 Å². The predicted molar refractivity (Wildman–Crippen MR) is 99.9 cm³/mol. The number of amides is 4. The number of nitrogens with one attached hydrogen (secondary N) is 2. The summed E-state index contributed by atoms with van der Waals surface area (Å²) in [5.74, 6) is -0.634. The molecule has 0 bridgehead atoms. The third-order valence-electron chi connectivity index (χ3n) is 4.98. The Morgan fingerprint density at radius 2 is 1.97 bits per heavy atom. The van der Waals surface area contributed by atoms with Gasteiger partial charge in [0.05, 0.1) is 0 Å². The van der Waals surface area contributed by atoms with E-state index in [4.69, 9.17) is 9.47 Å². The molecule has 150 valence electrons. The van der Waals surface area contributed by atoms with Gasteiger partial charge in [-0.05, 0) is 49.2 Å². The van der Waals surface area contributed by atoms with Crippen LogP contribution in [-0.2, 0) is 15.1 Å². The number of benzene rings is 2. The highest BCUT2D eigenvalue weighted by Crippen LogP contribution is 2.37. The van der Waals surface area contributed by atoms with E-state index in [2.05, 4.69) is 10.6 Å². The Kier molecular flexibility index (Phi) is 4.37. The van der Waals surface area contributed by atoms with Crippen LogP contribution in [0.3, 0.4) is 0 Å². The second kappa shape index (κ2) is 6.77. The van der Waals surface area contributed by atoms with Gasteiger partial charge in [0.1, 0.15) is 17.9 Å². The molecule has 1 fully saturated rings. The van der Waals surface area contributed by atoms with Crippen LogP contribution >= 0.6 is 0 Å². The highest BCUT2D eigenvalue weighted by molar-refractivity contribution is 6.10. The van der Waals surface area contributed by atoms with Crippen molar-refractivity contribution in [2.24, 2.45) is 0 Å². The van der Waals surface area contributed by atoms with Crippen molar-refractivity contribution in [3.63, 3.8) is 0 Å². The molecule has 4 amide bonds. The van der Waals surface area contributed by atoms with E-state index in [1.807, 2.05) is 0 Å². The van der Waals surface area contributed by atoms with Gasteiger partial charge < -0.3 is 20.1 Å². The first-order chi connectivity index (χ1) is 13.8. The molecule has 2 aliphatic heterocycles. The number of imide groups is 1. The fraction of sp³-hybridized carbons (Fsp3) is 0.250. The molecule has 2 N–H and O–H groups in total. The first kappa shape index (κ1) is 18.7. The number of aryl methyl sites for hydroxylation is 1. The molecule has 0 aliphatic carbocycles. The highest BCUT2D eigenvalue weighted by atomic mass is 19.1. The van der Waals surface area contributed by atoms with E-state index < -0.39 is 35.7 Å². The van der Waals surface area contributed by atoms with Crippen LogP contribution in [0.5, 0.6) is 11.5 Å². The van der Waals surface area contributed by atoms with Crippen LogP contribution in [-0.4, -0.2) is 36.1 Å². The summed E-state index contributed by atoms with van der Waals surface area (Å²) in [4.78, 5) is 38.5. The minimum Gasteiger partial charge on any atom is -0.454 e. The predicted octanol–water partition coefficient (Wildman–Crippen LogP) is 2.27. The number of nitrogens with zero attached hydrogens (tertiary/aromatic N) is 1. The molecule has 2 aliphatic rings. The van der Waals surface area contributed by atoms with Crippen LogP contribution in [0.1, 0.15) is 18.1 Å². The molecule has 29 heavy (non-hydrogen) atoms. The minimum absolute atomic E-state index is 0.0850. The molecule has 2 aromatic carbocycles. The maximum atomic E-state index is 13.6. The topological polar surface area (TPSA) is 97.0 Å². The van der Waals surface area contributed by atoms with E-state index in [1.54, 1.807) is 38.1 Å². The van der Waals surface area contributed by atoms with Gasteiger partial charge in [-0.1, -0.05) is 12.1 Å². The van der Waals surface area contributed by atoms with E-state index in [9.17, 15) is 18.8 Å². The number of hydrogen-bond acceptors (Lipinski definition) is 5. The average molecular weight is 399 g/mol. The standard InChI is InChI=1S/C20H18FN3O5/c1-11-3-5-13(8-14(11)21)22-17(25)9-24-18(26)20(2,23-19(24)27)12-4-6-15-16(7-12)29-10-28-15/h3-8H,9-10H2,1-2H3,(H,22,25)(H,23,27)/t20-/m1/s1. The van der Waals surface area contributed by atoms with E-state index in [0.717, 1.165) is 4.90 Å². The lowest BCUT2D eigenvalue weighted by molar-refractivity contribution is -0.133. The smallest absolute Gasteiger partial charge is 0.325 e. The number of carbonyl (C=O) groups excluding carboxylic acids is 3. The molecule has 2 aromatic rings. The molecule has 0 saturated carbocycles. The number of carbonyl (C=O) groups is 3. The first-order valence-corrected chi connectivity index (χ1v) is 8.88. The van der Waals surface area contributed by atoms with Crippen LogP contribution < -0.4 is 20.1 Å². The Labute approximate surface area is 165 Å². The van der Waals surface area contributed by atoms with Gasteiger partial charge in [-0.2, -0.15) is 0 Å². The molecule has 8 nitrogen and oxygen atoms in total. The van der Waals surface area contributed by atoms with Crippen molar-refractivity contribution >= 4 is 23.5 Å². The lowest BCUT2D eigenvalue weighted by atomic mass is 9.91. The van der Waals surface area contributed by atoms with E-state index in [1.165, 1.54) is 12.1 Å². The lowest BCUT2D eigenvalue weighted by Crippen LogP contribution is -2.42. The largest absolute Gasteiger partial charge is 0.454 e. The van der Waals surface area contributed by atoms with Gasteiger partial charge >= 0.3 is 6.03 Å². The molecule has 0 radical (unpaired) electrons. The first-order valence-electron chi connectivity index (χ1n) is 8.88. The van der Waals surface area contributed by atoms with Gasteiger partial charge in [0, 0.05) is 5.69 Å². The van der Waals surface area contributed by atoms with Gasteiger partial charge in [0.2, 0.25) is 12.7 Å². The molecule has 1 atom stereocenters. The lowest BCUT2D eigenvalue weighted by Gasteiger charge is -2.22. The molecule has 0 spiro atoms. The second-order valence-corrected chi connectivity index (χ2v) is 7.03. The molecule has 1 saturated heterocycles. The summed E-state index contributed by atoms with van der Waals surface area (Å²) in [7, 11) is 0. The Morgan fingerprint density at radius 1 is 1.21 bits per heavy atom. The molecule has 4 rings (SSSR count). The van der Waals surface area contributed by atoms with Crippen LogP contribution in [0.15, 0.2) is 36.4 Å². The molecular formula is C20H18FN3O5. The normalized spacial score (nSPS) is 20.0. The molecule has 0 unspecified atom stereocenters. The zero-order valence-corrected chi connectivity index (χ0v) is 15.7. The van der Waals surface area contributed by atoms with E-state index in [0.29, 0.717) is 22.6 Å². The van der Waals surface area contributed by atoms with Gasteiger partial charge in [-0.15, -0.1) is 0 Å². The third-order valence-corrected chi connectivity index (χ3v) is 4.98. The van der Waals surface area contributed by atoms with Gasteiger partial charge in [-0.3, -0.25) is 14.5 Å². The van der Waals surface area contributed by atoms with Crippen LogP contribution in [0.2, 0.25) is 0 Å². The number of hydrogen-bond donors (Lipinski definition) is 2. The SMILES string of the molecule is Cc1ccc(NC(=O)CN2C(=O)N[C@](C)(c3ccc4c(c3)OCO4)C2=O)cc1F. The van der Waals surface area contributed by atoms with Crippen molar-refractivity contribution in [3.05, 3.63) is 53.3 Å². The number of fused-ring (bicyclic) bond motifs is 1. The second-order valence-electron chi connectivity index (χ2n) is 7.03. The fourth-order valence-corrected chi connectivity index (χ4v) is 3.26. The Bertz CT molecular complexity index is 1040. The molecule has 0 aromatic heterocycles. The Hall–Kier alpha value is -3.62. The van der Waals surface area contributed by atoms with Gasteiger partial charge in [0.15, 0.2) is 11.5 Å². The number of anilines is 1. The third kappa shape index (κ3) is 3.24. The van der Waals surface area contributed by atoms with Crippen LogP contribution in [0, 0.1) is 12.7 Å². The number of urea groups is 1. The van der Waals surface area contributed by atoms with Crippen molar-refractivity contribution in [2.45, 2.75) is 19.4 Å². The Morgan fingerprint density at radius 3 is 2.72 bits per heavy atom. The number of halogens is 1. The van der Waals surface area contributed by atoms with Crippen LogP contribution in [0.25, 0.3) is 0 Å². The fourth-order valence-electron chi connectivity index (χ4n) is 3.26. The molecular weight excluding hydrogens is 381 g/mol. The number of ether oxygens (including phenoxy) is 2. The quantitative estimate of drug-likeness (QED) is 0.769. The van der Waals surface area contributed by atoms with Crippen molar-refractivity contribution < 1.29 is 28.2 Å². The summed E-state index contributed by atoms with van der Waals surface area (Å²) in [5.41, 5.74) is -0.169. The average Bonchev–Trinajstić information content (AvgIpc) is 3.23. The summed E-state index contributed by atoms with van der Waals surface area (Å²) in [6.45, 7) is 2.74. The van der Waals surface area contributed by atoms with Gasteiger partial charge in [-0.25, -0.2) is 9.18 Å². The highest BCUT2D eigenvalue weighted by Gasteiger charge is 2.49. The van der Waals surface area contributed by atoms with E-state index in [-0.39, 0.29) is 12.5 Å². The summed E-state index contributed by atoms with van der Waals surface area (Å²) >= 11 is 0. The van der Waals surface area contributed by atoms with Crippen LogP contribution in [0.4, 0.5) is 14.9 Å². The monoisotopic (exact) mass is 399 g/mol. The minimum atomic E-state index is -1.35. The molecule has 2 heterocycles. The number of rotatable bonds is 4. The Balaban J connectivity index is 1.50.